The Morgan fingerprint density at radius 3 is 2.89 bits per heavy atom. The van der Waals surface area contributed by atoms with Crippen LogP contribution in [0.4, 0.5) is 13.2 Å². The topological polar surface area (TPSA) is 74.6 Å². The number of unbranched alkanes of at least 4 members (excludes halogenated alkanes) is 1. The minimum Gasteiger partial charge on any atom is -0.411 e. The largest absolute Gasteiger partial charge is 0.417 e. The molecule has 2 N–H and O–H groups in total. The molecular weight excluding hydrogens is 263 g/mol. The number of hydrogen-bond donors (Lipinski definition) is 2. The first-order valence-electron chi connectivity index (χ1n) is 5.42. The Labute approximate surface area is 107 Å². The highest BCUT2D eigenvalue weighted by molar-refractivity contribution is 5.95. The van der Waals surface area contributed by atoms with Gasteiger partial charge in [0.25, 0.3) is 5.91 Å². The van der Waals surface area contributed by atoms with E-state index < -0.39 is 23.2 Å². The molecule has 0 saturated carbocycles. The van der Waals surface area contributed by atoms with Crippen LogP contribution in [-0.4, -0.2) is 28.9 Å². The van der Waals surface area contributed by atoms with Gasteiger partial charge in [0.05, 0.1) is 11.1 Å². The minimum absolute atomic E-state index is 0.178. The number of carbonyl (C=O) groups is 1. The van der Waals surface area contributed by atoms with Crippen LogP contribution in [0.2, 0.25) is 0 Å². The molecule has 0 bridgehead atoms. The van der Waals surface area contributed by atoms with Crippen LogP contribution in [0.5, 0.6) is 0 Å². The van der Waals surface area contributed by atoms with Crippen LogP contribution in [0.3, 0.4) is 0 Å². The van der Waals surface area contributed by atoms with Gasteiger partial charge in [-0.2, -0.15) is 13.2 Å². The Morgan fingerprint density at radius 1 is 1.53 bits per heavy atom. The number of oxime groups is 1. The van der Waals surface area contributed by atoms with E-state index in [1.54, 1.807) is 0 Å². The zero-order chi connectivity index (χ0) is 14.3. The summed E-state index contributed by atoms with van der Waals surface area (Å²) in [6.07, 6.45) is -0.630. The Bertz CT molecular complexity index is 461. The zero-order valence-corrected chi connectivity index (χ0v) is 9.81. The summed E-state index contributed by atoms with van der Waals surface area (Å²) in [4.78, 5) is 15.1. The third kappa shape index (κ3) is 4.57. The molecule has 1 heterocycles. The lowest BCUT2D eigenvalue weighted by Gasteiger charge is -2.11. The molecule has 5 nitrogen and oxygen atoms in total. The molecule has 8 heteroatoms. The Hall–Kier alpha value is -2.12. The number of pyridine rings is 1. The fourth-order valence-electron chi connectivity index (χ4n) is 1.37. The summed E-state index contributed by atoms with van der Waals surface area (Å²) in [6, 6.07) is 0.757. The molecule has 1 amide bonds. The first-order chi connectivity index (χ1) is 8.96. The molecule has 1 aromatic rings. The fraction of sp³-hybridized carbons (Fsp3) is 0.364. The van der Waals surface area contributed by atoms with Gasteiger partial charge < -0.3 is 10.5 Å². The Morgan fingerprint density at radius 2 is 2.26 bits per heavy atom. The second kappa shape index (κ2) is 6.72. The zero-order valence-electron chi connectivity index (χ0n) is 9.81. The number of hydrogen-bond acceptors (Lipinski definition) is 4. The van der Waals surface area contributed by atoms with Gasteiger partial charge in [0.2, 0.25) is 0 Å². The molecule has 0 aliphatic rings. The molecule has 0 atom stereocenters. The predicted octanol–water partition coefficient (Wildman–Crippen LogP) is 2.07. The molecule has 0 unspecified atom stereocenters. The summed E-state index contributed by atoms with van der Waals surface area (Å²) in [5, 5.41) is 13.2. The first-order valence-corrected chi connectivity index (χ1v) is 5.42. The number of nitrogens with one attached hydrogen (secondary N) is 1. The van der Waals surface area contributed by atoms with E-state index in [0.29, 0.717) is 12.8 Å². The number of carbonyl (C=O) groups excluding carboxylic acids is 1. The van der Waals surface area contributed by atoms with Gasteiger partial charge in [-0.25, -0.2) is 0 Å². The first kappa shape index (κ1) is 14.9. The lowest BCUT2D eigenvalue weighted by atomic mass is 10.1. The van der Waals surface area contributed by atoms with Crippen molar-refractivity contribution in [2.24, 2.45) is 5.16 Å². The van der Waals surface area contributed by atoms with Crippen molar-refractivity contribution in [2.75, 3.05) is 6.54 Å². The highest BCUT2D eigenvalue weighted by Crippen LogP contribution is 2.31. The maximum absolute atomic E-state index is 12.6. The second-order valence-corrected chi connectivity index (χ2v) is 3.62. The van der Waals surface area contributed by atoms with E-state index in [2.05, 4.69) is 15.5 Å². The van der Waals surface area contributed by atoms with Crippen LogP contribution >= 0.6 is 0 Å². The summed E-state index contributed by atoms with van der Waals surface area (Å²) in [7, 11) is 0. The van der Waals surface area contributed by atoms with Gasteiger partial charge in [-0.05, 0) is 18.9 Å². The van der Waals surface area contributed by atoms with Gasteiger partial charge in [-0.1, -0.05) is 0 Å². The third-order valence-corrected chi connectivity index (χ3v) is 2.25. The molecule has 0 aliphatic heterocycles. The molecular formula is C11H12F3N3O2. The lowest BCUT2D eigenvalue weighted by Crippen LogP contribution is -2.27. The normalized spacial score (nSPS) is 11.7. The average Bonchev–Trinajstić information content (AvgIpc) is 2.37. The number of alkyl halides is 3. The van der Waals surface area contributed by atoms with E-state index in [1.165, 1.54) is 6.21 Å². The summed E-state index contributed by atoms with van der Waals surface area (Å²) in [5.74, 6) is -0.832. The molecule has 1 aromatic heterocycles. The number of halogens is 3. The van der Waals surface area contributed by atoms with E-state index in [4.69, 9.17) is 5.21 Å². The monoisotopic (exact) mass is 275 g/mol. The van der Waals surface area contributed by atoms with Crippen molar-refractivity contribution in [1.29, 1.82) is 0 Å². The standard InChI is InChI=1S/C11H12F3N3O2/c12-11(13,14)9-3-6-15-7-8(9)10(18)16-4-1-2-5-17-19/h3,5-7,19H,1-2,4H2,(H,16,18). The van der Waals surface area contributed by atoms with Gasteiger partial charge >= 0.3 is 6.18 Å². The van der Waals surface area contributed by atoms with E-state index in [9.17, 15) is 18.0 Å². The minimum atomic E-state index is -4.60. The van der Waals surface area contributed by atoms with Crippen molar-refractivity contribution in [3.05, 3.63) is 29.6 Å². The number of amides is 1. The SMILES string of the molecule is O=C(NCCCC=NO)c1cnccc1C(F)(F)F. The maximum atomic E-state index is 12.6. The lowest BCUT2D eigenvalue weighted by molar-refractivity contribution is -0.138. The van der Waals surface area contributed by atoms with Gasteiger partial charge in [0.1, 0.15) is 0 Å². The van der Waals surface area contributed by atoms with Crippen LogP contribution < -0.4 is 5.32 Å². The van der Waals surface area contributed by atoms with Crippen LogP contribution in [-0.2, 0) is 6.18 Å². The number of nitrogens with zero attached hydrogens (tertiary/aromatic N) is 2. The summed E-state index contributed by atoms with van der Waals surface area (Å²) >= 11 is 0. The van der Waals surface area contributed by atoms with E-state index in [-0.39, 0.29) is 6.54 Å². The second-order valence-electron chi connectivity index (χ2n) is 3.62. The van der Waals surface area contributed by atoms with Crippen LogP contribution in [0.25, 0.3) is 0 Å². The summed E-state index contributed by atoms with van der Waals surface area (Å²) in [6.45, 7) is 0.178. The Kier molecular flexibility index (Phi) is 5.28. The molecule has 0 saturated heterocycles. The van der Waals surface area contributed by atoms with E-state index >= 15 is 0 Å². The number of aromatic nitrogens is 1. The smallest absolute Gasteiger partial charge is 0.411 e. The molecule has 0 aromatic carbocycles. The van der Waals surface area contributed by atoms with Crippen molar-refractivity contribution < 1.29 is 23.2 Å². The molecule has 104 valence electrons. The van der Waals surface area contributed by atoms with Gasteiger partial charge in [-0.15, -0.1) is 5.16 Å². The quantitative estimate of drug-likeness (QED) is 0.374. The molecule has 0 radical (unpaired) electrons. The van der Waals surface area contributed by atoms with Crippen LogP contribution in [0.15, 0.2) is 23.6 Å². The van der Waals surface area contributed by atoms with Crippen LogP contribution in [0, 0.1) is 0 Å². The molecule has 19 heavy (non-hydrogen) atoms. The average molecular weight is 275 g/mol. The summed E-state index contributed by atoms with van der Waals surface area (Å²) < 4.78 is 37.9. The highest BCUT2D eigenvalue weighted by Gasteiger charge is 2.35. The highest BCUT2D eigenvalue weighted by atomic mass is 19.4. The van der Waals surface area contributed by atoms with E-state index in [0.717, 1.165) is 18.5 Å². The van der Waals surface area contributed by atoms with Gasteiger partial charge in [-0.3, -0.25) is 9.78 Å². The van der Waals surface area contributed by atoms with Crippen molar-refractivity contribution in [1.82, 2.24) is 10.3 Å². The Balaban J connectivity index is 2.67. The molecule has 0 spiro atoms. The summed E-state index contributed by atoms with van der Waals surface area (Å²) in [5.41, 5.74) is -1.53. The van der Waals surface area contributed by atoms with Crippen LogP contribution in [0.1, 0.15) is 28.8 Å². The number of rotatable bonds is 5. The maximum Gasteiger partial charge on any atom is 0.417 e. The third-order valence-electron chi connectivity index (χ3n) is 2.25. The van der Waals surface area contributed by atoms with Gasteiger partial charge in [0, 0.05) is 25.2 Å². The van der Waals surface area contributed by atoms with Crippen molar-refractivity contribution in [3.8, 4) is 0 Å². The molecule has 0 fully saturated rings. The molecule has 0 aliphatic carbocycles. The van der Waals surface area contributed by atoms with Crippen molar-refractivity contribution in [2.45, 2.75) is 19.0 Å². The van der Waals surface area contributed by atoms with Gasteiger partial charge in [0.15, 0.2) is 0 Å². The van der Waals surface area contributed by atoms with E-state index in [1.807, 2.05) is 0 Å². The fourth-order valence-corrected chi connectivity index (χ4v) is 1.37. The molecule has 1 rings (SSSR count). The predicted molar refractivity (Wildman–Crippen MR) is 61.1 cm³/mol. The van der Waals surface area contributed by atoms with Crippen molar-refractivity contribution in [3.63, 3.8) is 0 Å². The van der Waals surface area contributed by atoms with Crippen molar-refractivity contribution >= 4 is 12.1 Å².